The third kappa shape index (κ3) is 4.38. The summed E-state index contributed by atoms with van der Waals surface area (Å²) >= 11 is 0. The summed E-state index contributed by atoms with van der Waals surface area (Å²) in [6.45, 7) is -0.672. The van der Waals surface area contributed by atoms with Gasteiger partial charge in [0.25, 0.3) is 0 Å². The Hall–Kier alpha value is -2.76. The number of halogens is 3. The lowest BCUT2D eigenvalue weighted by atomic mass is 10.1. The van der Waals surface area contributed by atoms with Crippen LogP contribution in [-0.2, 0) is 13.2 Å². The van der Waals surface area contributed by atoms with Gasteiger partial charge in [-0.05, 0) is 23.3 Å². The van der Waals surface area contributed by atoms with Crippen LogP contribution in [0.15, 0.2) is 67.0 Å². The number of hydrogen-bond acceptors (Lipinski definition) is 2. The van der Waals surface area contributed by atoms with Crippen LogP contribution in [0.4, 0.5) is 13.2 Å². The van der Waals surface area contributed by atoms with Crippen molar-refractivity contribution in [2.75, 3.05) is 0 Å². The number of ether oxygens (including phenoxy) is 1. The first-order chi connectivity index (χ1) is 11.5. The van der Waals surface area contributed by atoms with Crippen molar-refractivity contribution in [3.8, 4) is 16.9 Å². The van der Waals surface area contributed by atoms with Gasteiger partial charge in [-0.2, -0.15) is 18.3 Å². The molecule has 0 spiro atoms. The predicted octanol–water partition coefficient (Wildman–Crippen LogP) is 4.69. The van der Waals surface area contributed by atoms with Crippen LogP contribution in [0.3, 0.4) is 0 Å². The highest BCUT2D eigenvalue weighted by atomic mass is 19.4. The van der Waals surface area contributed by atoms with Crippen LogP contribution in [-0.4, -0.2) is 16.0 Å². The third-order valence-electron chi connectivity index (χ3n) is 3.39. The van der Waals surface area contributed by atoms with Gasteiger partial charge in [0, 0.05) is 11.8 Å². The Labute approximate surface area is 137 Å². The zero-order valence-electron chi connectivity index (χ0n) is 12.7. The molecule has 0 radical (unpaired) electrons. The van der Waals surface area contributed by atoms with E-state index in [1.807, 2.05) is 42.5 Å². The molecular weight excluding hydrogens is 317 g/mol. The van der Waals surface area contributed by atoms with Crippen LogP contribution in [0.25, 0.3) is 11.1 Å². The van der Waals surface area contributed by atoms with E-state index in [-0.39, 0.29) is 0 Å². The highest BCUT2D eigenvalue weighted by Gasteiger charge is 2.28. The zero-order valence-corrected chi connectivity index (χ0v) is 12.7. The molecular formula is C18H15F3N2O. The van der Waals surface area contributed by atoms with E-state index in [1.165, 1.54) is 12.4 Å². The first-order valence-corrected chi connectivity index (χ1v) is 7.36. The molecule has 0 saturated heterocycles. The number of hydrogen-bond donors (Lipinski definition) is 0. The summed E-state index contributed by atoms with van der Waals surface area (Å²) in [5.41, 5.74) is 2.42. The summed E-state index contributed by atoms with van der Waals surface area (Å²) < 4.78 is 43.8. The Morgan fingerprint density at radius 2 is 1.75 bits per heavy atom. The average molecular weight is 332 g/mol. The van der Waals surface area contributed by atoms with E-state index in [0.717, 1.165) is 15.8 Å². The molecule has 2 aromatic carbocycles. The Morgan fingerprint density at radius 1 is 0.958 bits per heavy atom. The minimum Gasteiger partial charge on any atom is -0.489 e. The Balaban J connectivity index is 1.71. The zero-order chi connectivity index (χ0) is 17.0. The smallest absolute Gasteiger partial charge is 0.408 e. The van der Waals surface area contributed by atoms with Crippen molar-refractivity contribution in [3.05, 3.63) is 72.6 Å². The van der Waals surface area contributed by atoms with Gasteiger partial charge in [-0.1, -0.05) is 42.5 Å². The fraction of sp³-hybridized carbons (Fsp3) is 0.167. The largest absolute Gasteiger partial charge is 0.489 e. The summed E-state index contributed by atoms with van der Waals surface area (Å²) in [6, 6.07) is 16.9. The van der Waals surface area contributed by atoms with Crippen molar-refractivity contribution in [1.82, 2.24) is 9.78 Å². The maximum Gasteiger partial charge on any atom is 0.408 e. The van der Waals surface area contributed by atoms with Gasteiger partial charge in [-0.3, -0.25) is 4.68 Å². The van der Waals surface area contributed by atoms with Gasteiger partial charge < -0.3 is 4.74 Å². The molecule has 24 heavy (non-hydrogen) atoms. The van der Waals surface area contributed by atoms with Crippen LogP contribution < -0.4 is 4.74 Å². The predicted molar refractivity (Wildman–Crippen MR) is 84.5 cm³/mol. The third-order valence-corrected chi connectivity index (χ3v) is 3.39. The molecule has 0 aliphatic heterocycles. The second kappa shape index (κ2) is 6.78. The molecule has 0 unspecified atom stereocenters. The van der Waals surface area contributed by atoms with E-state index >= 15 is 0 Å². The first kappa shape index (κ1) is 16.1. The van der Waals surface area contributed by atoms with E-state index in [4.69, 9.17) is 4.74 Å². The number of alkyl halides is 3. The summed E-state index contributed by atoms with van der Waals surface area (Å²) in [5, 5.41) is 3.76. The Bertz CT molecular complexity index is 797. The second-order valence-electron chi connectivity index (χ2n) is 5.34. The van der Waals surface area contributed by atoms with Crippen molar-refractivity contribution >= 4 is 0 Å². The van der Waals surface area contributed by atoms with Crippen LogP contribution in [0.2, 0.25) is 0 Å². The summed E-state index contributed by atoms with van der Waals surface area (Å²) in [5.74, 6) is 0.653. The van der Waals surface area contributed by atoms with Crippen molar-refractivity contribution in [2.24, 2.45) is 0 Å². The highest BCUT2D eigenvalue weighted by molar-refractivity contribution is 5.63. The number of aromatic nitrogens is 2. The monoisotopic (exact) mass is 332 g/mol. The molecule has 3 aromatic rings. The van der Waals surface area contributed by atoms with E-state index in [1.54, 1.807) is 12.1 Å². The van der Waals surface area contributed by atoms with Gasteiger partial charge in [0.1, 0.15) is 18.9 Å². The number of benzene rings is 2. The van der Waals surface area contributed by atoms with Crippen LogP contribution in [0, 0.1) is 0 Å². The molecule has 0 saturated carbocycles. The summed E-state index contributed by atoms with van der Waals surface area (Å²) in [4.78, 5) is 0. The second-order valence-corrected chi connectivity index (χ2v) is 5.34. The molecule has 0 fully saturated rings. The minimum absolute atomic E-state index is 0.428. The molecule has 6 heteroatoms. The molecule has 0 aliphatic carbocycles. The molecule has 0 amide bonds. The average Bonchev–Trinajstić information content (AvgIpc) is 3.01. The highest BCUT2D eigenvalue weighted by Crippen LogP contribution is 2.25. The van der Waals surface area contributed by atoms with Gasteiger partial charge in [0.05, 0.1) is 6.20 Å². The van der Waals surface area contributed by atoms with Crippen molar-refractivity contribution < 1.29 is 17.9 Å². The lowest BCUT2D eigenvalue weighted by Crippen LogP contribution is -2.17. The lowest BCUT2D eigenvalue weighted by Gasteiger charge is -2.08. The number of nitrogens with zero attached hydrogens (tertiary/aromatic N) is 2. The fourth-order valence-corrected chi connectivity index (χ4v) is 2.29. The van der Waals surface area contributed by atoms with Crippen molar-refractivity contribution in [3.63, 3.8) is 0 Å². The Kier molecular flexibility index (Phi) is 4.55. The van der Waals surface area contributed by atoms with Gasteiger partial charge in [0.15, 0.2) is 0 Å². The maximum absolute atomic E-state index is 12.4. The lowest BCUT2D eigenvalue weighted by molar-refractivity contribution is -0.142. The SMILES string of the molecule is FC(F)(F)Cn1cc(-c2cccc(OCc3ccccc3)c2)cn1. The minimum atomic E-state index is -4.29. The Morgan fingerprint density at radius 3 is 2.50 bits per heavy atom. The molecule has 124 valence electrons. The van der Waals surface area contributed by atoms with Crippen molar-refractivity contribution in [1.29, 1.82) is 0 Å². The molecule has 0 aliphatic rings. The number of rotatable bonds is 5. The summed E-state index contributed by atoms with van der Waals surface area (Å²) in [7, 11) is 0. The van der Waals surface area contributed by atoms with Crippen LogP contribution in [0.1, 0.15) is 5.56 Å². The standard InChI is InChI=1S/C18H15F3N2O/c19-18(20,21)13-23-11-16(10-22-23)15-7-4-8-17(9-15)24-12-14-5-2-1-3-6-14/h1-11H,12-13H2. The molecule has 3 nitrogen and oxygen atoms in total. The van der Waals surface area contributed by atoms with E-state index in [0.29, 0.717) is 17.9 Å². The van der Waals surface area contributed by atoms with Crippen LogP contribution >= 0.6 is 0 Å². The fourth-order valence-electron chi connectivity index (χ4n) is 2.29. The van der Waals surface area contributed by atoms with E-state index in [2.05, 4.69) is 5.10 Å². The molecule has 0 atom stereocenters. The van der Waals surface area contributed by atoms with E-state index in [9.17, 15) is 13.2 Å². The normalized spacial score (nSPS) is 11.5. The molecule has 0 bridgehead atoms. The first-order valence-electron chi connectivity index (χ1n) is 7.36. The van der Waals surface area contributed by atoms with Crippen molar-refractivity contribution in [2.45, 2.75) is 19.3 Å². The maximum atomic E-state index is 12.4. The quantitative estimate of drug-likeness (QED) is 0.678. The van der Waals surface area contributed by atoms with E-state index < -0.39 is 12.7 Å². The summed E-state index contributed by atoms with van der Waals surface area (Å²) in [6.07, 6.45) is -1.49. The molecule has 3 rings (SSSR count). The van der Waals surface area contributed by atoms with Gasteiger partial charge in [0.2, 0.25) is 0 Å². The molecule has 0 N–H and O–H groups in total. The van der Waals surface area contributed by atoms with Gasteiger partial charge in [-0.25, -0.2) is 0 Å². The topological polar surface area (TPSA) is 27.1 Å². The van der Waals surface area contributed by atoms with Gasteiger partial charge in [-0.15, -0.1) is 0 Å². The molecule has 1 aromatic heterocycles. The molecule has 1 heterocycles. The van der Waals surface area contributed by atoms with Gasteiger partial charge >= 0.3 is 6.18 Å². The van der Waals surface area contributed by atoms with Crippen LogP contribution in [0.5, 0.6) is 5.75 Å².